The Morgan fingerprint density at radius 3 is 2.29 bits per heavy atom. The van der Waals surface area contributed by atoms with Crippen LogP contribution in [0.15, 0.2) is 46.9 Å². The van der Waals surface area contributed by atoms with Gasteiger partial charge in [0.15, 0.2) is 0 Å². The van der Waals surface area contributed by atoms with Gasteiger partial charge in [-0.2, -0.15) is 0 Å². The minimum absolute atomic E-state index is 0.0408. The van der Waals surface area contributed by atoms with Crippen molar-refractivity contribution in [2.75, 3.05) is 0 Å². The Hall–Kier alpha value is -1.26. The molecular weight excluding hydrogens is 290 g/mol. The van der Waals surface area contributed by atoms with Crippen molar-refractivity contribution in [1.82, 2.24) is 0 Å². The Kier molecular flexibility index (Phi) is 3.54. The second kappa shape index (κ2) is 4.94. The topological polar surface area (TPSA) is 20.2 Å². The summed E-state index contributed by atoms with van der Waals surface area (Å²) in [6.07, 6.45) is -1.17. The molecule has 0 bridgehead atoms. The van der Waals surface area contributed by atoms with Crippen LogP contribution in [0.2, 0.25) is 0 Å². The molecule has 0 spiro atoms. The highest BCUT2D eigenvalue weighted by Crippen LogP contribution is 2.28. The van der Waals surface area contributed by atoms with Crippen LogP contribution in [0.1, 0.15) is 17.2 Å². The Morgan fingerprint density at radius 2 is 1.65 bits per heavy atom. The van der Waals surface area contributed by atoms with Crippen LogP contribution in [0.3, 0.4) is 0 Å². The number of hydrogen-bond donors (Lipinski definition) is 1. The Morgan fingerprint density at radius 1 is 1.00 bits per heavy atom. The number of halogens is 3. The fraction of sp³-hybridized carbons (Fsp3) is 0.0769. The summed E-state index contributed by atoms with van der Waals surface area (Å²) in [5.41, 5.74) is 0.449. The van der Waals surface area contributed by atoms with E-state index in [0.29, 0.717) is 5.56 Å². The van der Waals surface area contributed by atoms with Crippen LogP contribution in [-0.2, 0) is 0 Å². The molecule has 17 heavy (non-hydrogen) atoms. The maximum Gasteiger partial charge on any atom is 0.137 e. The first-order valence-corrected chi connectivity index (χ1v) is 5.76. The SMILES string of the molecule is OC(c1ccccc1)c1cc(F)c(Br)cc1F. The standard InChI is InChI=1S/C13H9BrF2O/c14-10-7-11(15)9(6-12(10)16)13(17)8-4-2-1-3-5-8/h1-7,13,17H. The van der Waals surface area contributed by atoms with E-state index in [9.17, 15) is 13.9 Å². The lowest BCUT2D eigenvalue weighted by molar-refractivity contribution is 0.214. The average molecular weight is 299 g/mol. The average Bonchev–Trinajstić information content (AvgIpc) is 2.34. The van der Waals surface area contributed by atoms with E-state index in [1.165, 1.54) is 0 Å². The molecule has 0 radical (unpaired) electrons. The summed E-state index contributed by atoms with van der Waals surface area (Å²) in [6.45, 7) is 0. The van der Waals surface area contributed by atoms with E-state index >= 15 is 0 Å². The van der Waals surface area contributed by atoms with Gasteiger partial charge in [-0.15, -0.1) is 0 Å². The lowest BCUT2D eigenvalue weighted by Crippen LogP contribution is -2.03. The zero-order valence-electron chi connectivity index (χ0n) is 8.70. The van der Waals surface area contributed by atoms with E-state index in [4.69, 9.17) is 0 Å². The van der Waals surface area contributed by atoms with Gasteiger partial charge in [0.2, 0.25) is 0 Å². The fourth-order valence-electron chi connectivity index (χ4n) is 1.56. The Balaban J connectivity index is 2.44. The maximum absolute atomic E-state index is 13.6. The number of benzene rings is 2. The molecule has 4 heteroatoms. The molecule has 1 unspecified atom stereocenters. The van der Waals surface area contributed by atoms with Gasteiger partial charge in [0.1, 0.15) is 17.7 Å². The van der Waals surface area contributed by atoms with Crippen LogP contribution < -0.4 is 0 Å². The number of aliphatic hydroxyl groups is 1. The molecular formula is C13H9BrF2O. The summed E-state index contributed by atoms with van der Waals surface area (Å²) in [5, 5.41) is 9.97. The molecule has 0 aliphatic rings. The molecule has 0 saturated heterocycles. The third-order valence-corrected chi connectivity index (χ3v) is 3.06. The summed E-state index contributed by atoms with van der Waals surface area (Å²) >= 11 is 2.89. The van der Waals surface area contributed by atoms with Crippen molar-refractivity contribution in [2.45, 2.75) is 6.10 Å². The summed E-state index contributed by atoms with van der Waals surface area (Å²) in [7, 11) is 0. The fourth-order valence-corrected chi connectivity index (χ4v) is 1.88. The molecule has 1 atom stereocenters. The Bertz CT molecular complexity index is 528. The van der Waals surface area contributed by atoms with Crippen LogP contribution in [-0.4, -0.2) is 5.11 Å². The largest absolute Gasteiger partial charge is 0.384 e. The van der Waals surface area contributed by atoms with Crippen LogP contribution in [0.25, 0.3) is 0 Å². The zero-order valence-corrected chi connectivity index (χ0v) is 10.3. The molecule has 0 saturated carbocycles. The van der Waals surface area contributed by atoms with Gasteiger partial charge in [-0.25, -0.2) is 8.78 Å². The molecule has 2 rings (SSSR count). The second-order valence-electron chi connectivity index (χ2n) is 3.60. The van der Waals surface area contributed by atoms with Crippen LogP contribution >= 0.6 is 15.9 Å². The number of hydrogen-bond acceptors (Lipinski definition) is 1. The molecule has 1 nitrogen and oxygen atoms in total. The molecule has 0 aliphatic heterocycles. The predicted molar refractivity (Wildman–Crippen MR) is 64.6 cm³/mol. The minimum atomic E-state index is -1.17. The monoisotopic (exact) mass is 298 g/mol. The van der Waals surface area contributed by atoms with Gasteiger partial charge in [-0.3, -0.25) is 0 Å². The van der Waals surface area contributed by atoms with E-state index < -0.39 is 17.7 Å². The zero-order chi connectivity index (χ0) is 12.4. The first-order valence-electron chi connectivity index (χ1n) is 4.97. The van der Waals surface area contributed by atoms with Crippen molar-refractivity contribution >= 4 is 15.9 Å². The molecule has 88 valence electrons. The highest BCUT2D eigenvalue weighted by molar-refractivity contribution is 9.10. The minimum Gasteiger partial charge on any atom is -0.384 e. The van der Waals surface area contributed by atoms with Crippen molar-refractivity contribution in [1.29, 1.82) is 0 Å². The van der Waals surface area contributed by atoms with Gasteiger partial charge in [-0.05, 0) is 33.6 Å². The van der Waals surface area contributed by atoms with Crippen molar-refractivity contribution in [3.63, 3.8) is 0 Å². The van der Waals surface area contributed by atoms with Crippen LogP contribution in [0.5, 0.6) is 0 Å². The highest BCUT2D eigenvalue weighted by Gasteiger charge is 2.17. The Labute approximate surface area is 106 Å². The normalized spacial score (nSPS) is 12.5. The van der Waals surface area contributed by atoms with E-state index in [-0.39, 0.29) is 10.0 Å². The van der Waals surface area contributed by atoms with Gasteiger partial charge in [0.25, 0.3) is 0 Å². The third-order valence-electron chi connectivity index (χ3n) is 2.45. The lowest BCUT2D eigenvalue weighted by atomic mass is 10.0. The van der Waals surface area contributed by atoms with Gasteiger partial charge in [0, 0.05) is 5.56 Å². The van der Waals surface area contributed by atoms with E-state index in [2.05, 4.69) is 15.9 Å². The van der Waals surface area contributed by atoms with Crippen molar-refractivity contribution in [3.8, 4) is 0 Å². The molecule has 2 aromatic carbocycles. The first kappa shape index (κ1) is 12.2. The lowest BCUT2D eigenvalue weighted by Gasteiger charge is -2.12. The molecule has 0 heterocycles. The molecule has 0 aliphatic carbocycles. The molecule has 0 amide bonds. The molecule has 0 fully saturated rings. The van der Waals surface area contributed by atoms with E-state index in [1.54, 1.807) is 30.3 Å². The van der Waals surface area contributed by atoms with Gasteiger partial charge in [0.05, 0.1) is 4.47 Å². The summed E-state index contributed by atoms with van der Waals surface area (Å²) < 4.78 is 27.0. The summed E-state index contributed by atoms with van der Waals surface area (Å²) in [6, 6.07) is 10.6. The van der Waals surface area contributed by atoms with Crippen LogP contribution in [0, 0.1) is 11.6 Å². The third kappa shape index (κ3) is 2.53. The highest BCUT2D eigenvalue weighted by atomic mass is 79.9. The van der Waals surface area contributed by atoms with Crippen molar-refractivity contribution in [2.24, 2.45) is 0 Å². The number of rotatable bonds is 2. The maximum atomic E-state index is 13.6. The molecule has 2 aromatic rings. The van der Waals surface area contributed by atoms with Crippen LogP contribution in [0.4, 0.5) is 8.78 Å². The van der Waals surface area contributed by atoms with Gasteiger partial charge in [-0.1, -0.05) is 30.3 Å². The van der Waals surface area contributed by atoms with E-state index in [1.807, 2.05) is 0 Å². The second-order valence-corrected chi connectivity index (χ2v) is 4.46. The summed E-state index contributed by atoms with van der Waals surface area (Å²) in [5.74, 6) is -1.24. The van der Waals surface area contributed by atoms with Crippen molar-refractivity contribution < 1.29 is 13.9 Å². The predicted octanol–water partition coefficient (Wildman–Crippen LogP) is 3.81. The van der Waals surface area contributed by atoms with Gasteiger partial charge < -0.3 is 5.11 Å². The van der Waals surface area contributed by atoms with E-state index in [0.717, 1.165) is 12.1 Å². The quantitative estimate of drug-likeness (QED) is 0.836. The smallest absolute Gasteiger partial charge is 0.137 e. The van der Waals surface area contributed by atoms with Crippen molar-refractivity contribution in [3.05, 3.63) is 69.7 Å². The number of aliphatic hydroxyl groups excluding tert-OH is 1. The first-order chi connectivity index (χ1) is 8.09. The molecule has 0 aromatic heterocycles. The van der Waals surface area contributed by atoms with Gasteiger partial charge >= 0.3 is 0 Å². The molecule has 1 N–H and O–H groups in total. The summed E-state index contributed by atoms with van der Waals surface area (Å²) in [4.78, 5) is 0.